The molecule has 10 rings (SSSR count). The van der Waals surface area contributed by atoms with Crippen molar-refractivity contribution in [3.63, 3.8) is 0 Å². The first kappa shape index (κ1) is 28.6. The van der Waals surface area contributed by atoms with Crippen LogP contribution in [-0.2, 0) is 0 Å². The molecule has 0 bridgehead atoms. The average Bonchev–Trinajstić information content (AvgIpc) is 3.18. The van der Waals surface area contributed by atoms with E-state index in [0.717, 1.165) is 0 Å². The Morgan fingerprint density at radius 2 is 0.640 bits per heavy atom. The van der Waals surface area contributed by atoms with Crippen LogP contribution in [0.2, 0.25) is 0 Å². The van der Waals surface area contributed by atoms with Crippen molar-refractivity contribution >= 4 is 64.6 Å². The number of rotatable bonds is 3. The Morgan fingerprint density at radius 1 is 0.300 bits per heavy atom. The van der Waals surface area contributed by atoms with E-state index in [4.69, 9.17) is 0 Å². The van der Waals surface area contributed by atoms with Crippen molar-refractivity contribution < 1.29 is 0 Å². The van der Waals surface area contributed by atoms with Crippen LogP contribution >= 0.6 is 0 Å². The predicted octanol–water partition coefficient (Wildman–Crippen LogP) is 13.0. The molecule has 10 aromatic rings. The third kappa shape index (κ3) is 4.35. The number of fused-ring (bicyclic) bond motifs is 12. The number of nitrogens with zero attached hydrogens (tertiary/aromatic N) is 2. The van der Waals surface area contributed by atoms with Crippen molar-refractivity contribution in [1.29, 1.82) is 0 Å². The van der Waals surface area contributed by atoms with Crippen molar-refractivity contribution in [3.8, 4) is 33.4 Å². The monoisotopic (exact) mass is 636 g/mol. The predicted molar refractivity (Wildman–Crippen MR) is 213 cm³/mol. The van der Waals surface area contributed by atoms with Gasteiger partial charge in [0, 0.05) is 35.6 Å². The summed E-state index contributed by atoms with van der Waals surface area (Å²) in [5, 5.41) is 15.0. The number of aromatic nitrogens is 2. The molecule has 0 atom stereocenters. The molecule has 234 valence electrons. The van der Waals surface area contributed by atoms with Crippen molar-refractivity contribution in [1.82, 2.24) is 9.97 Å². The maximum absolute atomic E-state index is 4.46. The summed E-state index contributed by atoms with van der Waals surface area (Å²) < 4.78 is 0. The van der Waals surface area contributed by atoms with E-state index in [0.29, 0.717) is 0 Å². The first-order valence-corrected chi connectivity index (χ1v) is 17.2. The van der Waals surface area contributed by atoms with Crippen LogP contribution in [0.5, 0.6) is 0 Å². The lowest BCUT2D eigenvalue weighted by Crippen LogP contribution is -1.91. The van der Waals surface area contributed by atoms with Crippen LogP contribution in [0.15, 0.2) is 158 Å². The van der Waals surface area contributed by atoms with Crippen LogP contribution in [0.4, 0.5) is 0 Å². The molecule has 2 heterocycles. The second kappa shape index (κ2) is 11.1. The summed E-state index contributed by atoms with van der Waals surface area (Å²) in [5.41, 5.74) is 9.97. The normalized spacial score (nSPS) is 11.8. The third-order valence-corrected chi connectivity index (χ3v) is 10.7. The quantitative estimate of drug-likeness (QED) is 0.180. The van der Waals surface area contributed by atoms with Gasteiger partial charge in [-0.3, -0.25) is 9.97 Å². The molecule has 8 aromatic carbocycles. The van der Waals surface area contributed by atoms with Gasteiger partial charge < -0.3 is 0 Å². The van der Waals surface area contributed by atoms with Gasteiger partial charge in [-0.05, 0) is 136 Å². The lowest BCUT2D eigenvalue weighted by Gasteiger charge is -2.15. The number of benzene rings is 8. The largest absolute Gasteiger partial charge is 0.264 e. The Morgan fingerprint density at radius 3 is 1.06 bits per heavy atom. The molecule has 0 amide bonds. The highest BCUT2D eigenvalue weighted by molar-refractivity contribution is 6.26. The van der Waals surface area contributed by atoms with Crippen LogP contribution in [-0.4, -0.2) is 9.97 Å². The molecule has 2 heteroatoms. The number of aryl methyl sites for hydroxylation is 2. The van der Waals surface area contributed by atoms with E-state index in [1.54, 1.807) is 0 Å². The molecule has 0 fully saturated rings. The molecular formula is C48H32N2. The Labute approximate surface area is 290 Å². The smallest absolute Gasteiger partial charge is 0.0352 e. The second-order valence-electron chi connectivity index (χ2n) is 13.5. The van der Waals surface area contributed by atoms with E-state index in [9.17, 15) is 0 Å². The van der Waals surface area contributed by atoms with Crippen molar-refractivity contribution in [2.45, 2.75) is 13.8 Å². The van der Waals surface area contributed by atoms with Gasteiger partial charge in [-0.25, -0.2) is 0 Å². The van der Waals surface area contributed by atoms with Gasteiger partial charge in [-0.2, -0.15) is 0 Å². The van der Waals surface area contributed by atoms with Crippen molar-refractivity contribution in [2.75, 3.05) is 0 Å². The topological polar surface area (TPSA) is 25.8 Å². The van der Waals surface area contributed by atoms with Gasteiger partial charge in [0.05, 0.1) is 0 Å². The summed E-state index contributed by atoms with van der Waals surface area (Å²) in [7, 11) is 0. The van der Waals surface area contributed by atoms with Gasteiger partial charge in [-0.1, -0.05) is 109 Å². The highest BCUT2D eigenvalue weighted by Crippen LogP contribution is 2.40. The van der Waals surface area contributed by atoms with Gasteiger partial charge in [0.2, 0.25) is 0 Å². The first-order chi connectivity index (χ1) is 24.6. The zero-order valence-electron chi connectivity index (χ0n) is 27.9. The molecule has 0 N–H and O–H groups in total. The molecule has 0 saturated heterocycles. The summed E-state index contributed by atoms with van der Waals surface area (Å²) in [6, 6.07) is 49.2. The molecule has 0 spiro atoms. The molecule has 2 nitrogen and oxygen atoms in total. The highest BCUT2D eigenvalue weighted by atomic mass is 14.6. The van der Waals surface area contributed by atoms with Gasteiger partial charge in [0.1, 0.15) is 0 Å². The van der Waals surface area contributed by atoms with Gasteiger partial charge in [0.25, 0.3) is 0 Å². The minimum absolute atomic E-state index is 1.20. The fourth-order valence-corrected chi connectivity index (χ4v) is 8.25. The number of hydrogen-bond donors (Lipinski definition) is 0. The molecule has 50 heavy (non-hydrogen) atoms. The van der Waals surface area contributed by atoms with Crippen LogP contribution in [0.25, 0.3) is 98.0 Å². The van der Waals surface area contributed by atoms with Crippen molar-refractivity contribution in [3.05, 3.63) is 169 Å². The minimum atomic E-state index is 1.20. The molecule has 2 aromatic heterocycles. The first-order valence-electron chi connectivity index (χ1n) is 17.2. The molecule has 0 radical (unpaired) electrons. The van der Waals surface area contributed by atoms with E-state index in [1.165, 1.54) is 109 Å². The molecule has 0 aliphatic heterocycles. The summed E-state index contributed by atoms with van der Waals surface area (Å²) in [6.45, 7) is 4.46. The van der Waals surface area contributed by atoms with Gasteiger partial charge in [0.15, 0.2) is 0 Å². The van der Waals surface area contributed by atoms with Gasteiger partial charge >= 0.3 is 0 Å². The fraction of sp³-hybridized carbons (Fsp3) is 0.0417. The zero-order chi connectivity index (χ0) is 33.3. The Balaban J connectivity index is 1.03. The molecule has 0 aliphatic rings. The van der Waals surface area contributed by atoms with Crippen LogP contribution in [0.3, 0.4) is 0 Å². The standard InChI is InChI=1S/C48H32N2/c1-29-23-31(33-13-17-41-37-7-3-5-9-39(37)47-27-49-21-19-43(47)45(41)25-33)11-15-35(29)36-16-12-32(24-30(36)2)34-14-18-42-38-8-4-6-10-40(38)48-28-50-22-20-44(48)46(42)26-34/h3-28H,1-2H3. The van der Waals surface area contributed by atoms with E-state index < -0.39 is 0 Å². The maximum Gasteiger partial charge on any atom is 0.0352 e. The lowest BCUT2D eigenvalue weighted by atomic mass is 9.89. The van der Waals surface area contributed by atoms with Crippen LogP contribution in [0, 0.1) is 13.8 Å². The molecule has 0 saturated carbocycles. The molecule has 0 aliphatic carbocycles. The number of pyridine rings is 2. The second-order valence-corrected chi connectivity index (χ2v) is 13.5. The number of hydrogen-bond acceptors (Lipinski definition) is 2. The Hall–Kier alpha value is -6.38. The van der Waals surface area contributed by atoms with E-state index >= 15 is 0 Å². The van der Waals surface area contributed by atoms with E-state index in [1.807, 2.05) is 24.8 Å². The highest BCUT2D eigenvalue weighted by Gasteiger charge is 2.14. The van der Waals surface area contributed by atoms with E-state index in [-0.39, 0.29) is 0 Å². The molecular weight excluding hydrogens is 605 g/mol. The summed E-state index contributed by atoms with van der Waals surface area (Å²) in [5.74, 6) is 0. The van der Waals surface area contributed by atoms with Crippen LogP contribution in [0.1, 0.15) is 11.1 Å². The maximum atomic E-state index is 4.46. The summed E-state index contributed by atoms with van der Waals surface area (Å²) >= 11 is 0. The Bertz CT molecular complexity index is 2730. The lowest BCUT2D eigenvalue weighted by molar-refractivity contribution is 1.37. The molecule has 0 unspecified atom stereocenters. The van der Waals surface area contributed by atoms with Gasteiger partial charge in [-0.15, -0.1) is 0 Å². The third-order valence-electron chi connectivity index (χ3n) is 10.7. The van der Waals surface area contributed by atoms with E-state index in [2.05, 4.69) is 157 Å². The zero-order valence-corrected chi connectivity index (χ0v) is 27.9. The fourth-order valence-electron chi connectivity index (χ4n) is 8.25. The SMILES string of the molecule is Cc1cc(-c2ccc3c4ccccc4c4cnccc4c3c2)ccc1-c1ccc(-c2ccc3c4ccccc4c4cnccc4c3c2)cc1C. The van der Waals surface area contributed by atoms with Crippen LogP contribution < -0.4 is 0 Å². The Kier molecular flexibility index (Phi) is 6.34. The summed E-state index contributed by atoms with van der Waals surface area (Å²) in [4.78, 5) is 8.92. The van der Waals surface area contributed by atoms with Crippen molar-refractivity contribution in [2.24, 2.45) is 0 Å². The average molecular weight is 637 g/mol. The minimum Gasteiger partial charge on any atom is -0.264 e. The summed E-state index contributed by atoms with van der Waals surface area (Å²) in [6.07, 6.45) is 7.80.